The molecule has 0 aliphatic carbocycles. The van der Waals surface area contributed by atoms with Gasteiger partial charge >= 0.3 is 0 Å². The van der Waals surface area contributed by atoms with E-state index in [1.54, 1.807) is 0 Å². The molecule has 6 nitrogen and oxygen atoms in total. The number of hydrogen-bond donors (Lipinski definition) is 1. The lowest BCUT2D eigenvalue weighted by molar-refractivity contribution is 0.476. The summed E-state index contributed by atoms with van der Waals surface area (Å²) in [5.41, 5.74) is 0. The van der Waals surface area contributed by atoms with Crippen molar-refractivity contribution in [1.82, 2.24) is 9.29 Å². The Morgan fingerprint density at radius 2 is 2.25 bits per heavy atom. The van der Waals surface area contributed by atoms with Crippen molar-refractivity contribution in [2.45, 2.75) is 24.7 Å². The molecule has 20 heavy (non-hydrogen) atoms. The standard InChI is InChI=1S/C12H17ClN4O2S/c1-3-6-15-12-11(13)8-10(9-16-12)20(18,19)17(2)7-4-5-14/h8-9H,3-4,6-7H2,1-2H3,(H,15,16). The molecule has 1 aromatic rings. The van der Waals surface area contributed by atoms with Crippen LogP contribution in [-0.4, -0.2) is 37.8 Å². The van der Waals surface area contributed by atoms with Crippen LogP contribution >= 0.6 is 11.6 Å². The number of rotatable bonds is 7. The van der Waals surface area contributed by atoms with Crippen molar-refractivity contribution in [3.8, 4) is 6.07 Å². The van der Waals surface area contributed by atoms with Gasteiger partial charge in [-0.15, -0.1) is 0 Å². The Balaban J connectivity index is 2.97. The molecule has 0 saturated carbocycles. The molecular weight excluding hydrogens is 300 g/mol. The van der Waals surface area contributed by atoms with E-state index in [-0.39, 0.29) is 22.9 Å². The van der Waals surface area contributed by atoms with Gasteiger partial charge in [-0.05, 0) is 12.5 Å². The molecule has 0 bridgehead atoms. The number of nitrogens with one attached hydrogen (secondary N) is 1. The third-order valence-electron chi connectivity index (χ3n) is 2.61. The third-order valence-corrected chi connectivity index (χ3v) is 4.72. The molecular formula is C12H17ClN4O2S. The first kappa shape index (κ1) is 16.7. The van der Waals surface area contributed by atoms with E-state index in [1.807, 2.05) is 13.0 Å². The van der Waals surface area contributed by atoms with E-state index >= 15 is 0 Å². The maximum absolute atomic E-state index is 12.2. The first-order valence-electron chi connectivity index (χ1n) is 6.16. The van der Waals surface area contributed by atoms with Gasteiger partial charge in [-0.3, -0.25) is 0 Å². The lowest BCUT2D eigenvalue weighted by Crippen LogP contribution is -2.28. The number of hydrogen-bond acceptors (Lipinski definition) is 5. The van der Waals surface area contributed by atoms with Gasteiger partial charge in [0.1, 0.15) is 10.7 Å². The van der Waals surface area contributed by atoms with E-state index in [2.05, 4.69) is 10.3 Å². The van der Waals surface area contributed by atoms with E-state index in [9.17, 15) is 8.42 Å². The zero-order chi connectivity index (χ0) is 15.2. The minimum Gasteiger partial charge on any atom is -0.369 e. The summed E-state index contributed by atoms with van der Waals surface area (Å²) in [6.45, 7) is 2.84. The number of nitrogens with zero attached hydrogens (tertiary/aromatic N) is 3. The summed E-state index contributed by atoms with van der Waals surface area (Å²) in [7, 11) is -2.24. The van der Waals surface area contributed by atoms with Gasteiger partial charge in [0.05, 0.1) is 11.1 Å². The number of sulfonamides is 1. The lowest BCUT2D eigenvalue weighted by Gasteiger charge is -2.16. The Labute approximate surface area is 124 Å². The third kappa shape index (κ3) is 4.07. The largest absolute Gasteiger partial charge is 0.369 e. The van der Waals surface area contributed by atoms with Crippen LogP contribution in [0.15, 0.2) is 17.2 Å². The first-order chi connectivity index (χ1) is 9.43. The van der Waals surface area contributed by atoms with Crippen molar-refractivity contribution >= 4 is 27.4 Å². The maximum atomic E-state index is 12.2. The first-order valence-corrected chi connectivity index (χ1v) is 7.98. The highest BCUT2D eigenvalue weighted by atomic mass is 35.5. The smallest absolute Gasteiger partial charge is 0.244 e. The molecule has 1 aromatic heterocycles. The van der Waals surface area contributed by atoms with Crippen LogP contribution in [0.1, 0.15) is 19.8 Å². The summed E-state index contributed by atoms with van der Waals surface area (Å²) in [4.78, 5) is 4.05. The highest BCUT2D eigenvalue weighted by molar-refractivity contribution is 7.89. The molecule has 0 aliphatic heterocycles. The lowest BCUT2D eigenvalue weighted by atomic mass is 10.4. The van der Waals surface area contributed by atoms with E-state index in [1.165, 1.54) is 19.3 Å². The van der Waals surface area contributed by atoms with E-state index < -0.39 is 10.0 Å². The Kier molecular flexibility index (Phi) is 6.20. The fourth-order valence-electron chi connectivity index (χ4n) is 1.44. The normalized spacial score (nSPS) is 11.3. The van der Waals surface area contributed by atoms with Crippen LogP contribution in [-0.2, 0) is 10.0 Å². The highest BCUT2D eigenvalue weighted by Gasteiger charge is 2.21. The van der Waals surface area contributed by atoms with Gasteiger partial charge in [0.15, 0.2) is 0 Å². The number of aromatic nitrogens is 1. The molecule has 0 saturated heterocycles. The molecule has 0 radical (unpaired) electrons. The zero-order valence-electron chi connectivity index (χ0n) is 11.4. The van der Waals surface area contributed by atoms with Gasteiger partial charge in [-0.1, -0.05) is 18.5 Å². The SMILES string of the molecule is CCCNc1ncc(S(=O)(=O)N(C)CCC#N)cc1Cl. The molecule has 0 spiro atoms. The molecule has 0 unspecified atom stereocenters. The molecule has 0 aromatic carbocycles. The van der Waals surface area contributed by atoms with Crippen LogP contribution < -0.4 is 5.32 Å². The van der Waals surface area contributed by atoms with E-state index in [0.717, 1.165) is 10.7 Å². The van der Waals surface area contributed by atoms with Gasteiger partial charge in [-0.25, -0.2) is 13.4 Å². The molecule has 0 atom stereocenters. The fourth-order valence-corrected chi connectivity index (χ4v) is 2.88. The second-order valence-corrected chi connectivity index (χ2v) is 6.61. The zero-order valence-corrected chi connectivity index (χ0v) is 13.0. The van der Waals surface area contributed by atoms with E-state index in [4.69, 9.17) is 16.9 Å². The number of pyridine rings is 1. The molecule has 0 fully saturated rings. The molecule has 1 heterocycles. The summed E-state index contributed by atoms with van der Waals surface area (Å²) in [5, 5.41) is 11.8. The monoisotopic (exact) mass is 316 g/mol. The van der Waals surface area contributed by atoms with Gasteiger partial charge in [0.2, 0.25) is 10.0 Å². The van der Waals surface area contributed by atoms with Crippen LogP contribution in [0.4, 0.5) is 5.82 Å². The van der Waals surface area contributed by atoms with Gasteiger partial charge in [0, 0.05) is 32.8 Å². The minimum absolute atomic E-state index is 0.0185. The summed E-state index contributed by atoms with van der Waals surface area (Å²) in [6.07, 6.45) is 2.31. The second kappa shape index (κ2) is 7.43. The molecule has 1 N–H and O–H groups in total. The topological polar surface area (TPSA) is 86.1 Å². The van der Waals surface area contributed by atoms with Crippen molar-refractivity contribution in [2.75, 3.05) is 25.5 Å². The summed E-state index contributed by atoms with van der Waals surface area (Å²) in [5.74, 6) is 0.465. The van der Waals surface area contributed by atoms with Crippen LogP contribution in [0.3, 0.4) is 0 Å². The molecule has 1 rings (SSSR count). The van der Waals surface area contributed by atoms with Crippen LogP contribution in [0.2, 0.25) is 5.02 Å². The van der Waals surface area contributed by atoms with Crippen molar-refractivity contribution in [3.05, 3.63) is 17.3 Å². The Hall–Kier alpha value is -1.36. The van der Waals surface area contributed by atoms with Crippen molar-refractivity contribution in [3.63, 3.8) is 0 Å². The maximum Gasteiger partial charge on any atom is 0.244 e. The van der Waals surface area contributed by atoms with Crippen LogP contribution in [0.5, 0.6) is 0 Å². The summed E-state index contributed by atoms with van der Waals surface area (Å²) in [6, 6.07) is 3.27. The molecule has 110 valence electrons. The predicted molar refractivity (Wildman–Crippen MR) is 78.1 cm³/mol. The predicted octanol–water partition coefficient (Wildman–Crippen LogP) is 2.09. The van der Waals surface area contributed by atoms with Crippen molar-refractivity contribution in [2.24, 2.45) is 0 Å². The van der Waals surface area contributed by atoms with Gasteiger partial charge in [-0.2, -0.15) is 9.57 Å². The molecule has 0 aliphatic rings. The number of halogens is 1. The summed E-state index contributed by atoms with van der Waals surface area (Å²) >= 11 is 6.02. The van der Waals surface area contributed by atoms with Crippen molar-refractivity contribution < 1.29 is 8.42 Å². The molecule has 8 heteroatoms. The van der Waals surface area contributed by atoms with Gasteiger partial charge < -0.3 is 5.32 Å². The fraction of sp³-hybridized carbons (Fsp3) is 0.500. The number of anilines is 1. The van der Waals surface area contributed by atoms with Gasteiger partial charge in [0.25, 0.3) is 0 Å². The highest BCUT2D eigenvalue weighted by Crippen LogP contribution is 2.24. The second-order valence-electron chi connectivity index (χ2n) is 4.16. The Bertz CT molecular complexity index is 598. The number of nitriles is 1. The van der Waals surface area contributed by atoms with Crippen LogP contribution in [0.25, 0.3) is 0 Å². The quantitative estimate of drug-likeness (QED) is 0.832. The Morgan fingerprint density at radius 1 is 1.55 bits per heavy atom. The minimum atomic E-state index is -3.66. The Morgan fingerprint density at radius 3 is 2.80 bits per heavy atom. The molecule has 0 amide bonds. The average Bonchev–Trinajstić information content (AvgIpc) is 2.43. The summed E-state index contributed by atoms with van der Waals surface area (Å²) < 4.78 is 25.5. The average molecular weight is 317 g/mol. The van der Waals surface area contributed by atoms with Crippen LogP contribution in [0, 0.1) is 11.3 Å². The van der Waals surface area contributed by atoms with E-state index in [0.29, 0.717) is 12.4 Å². The van der Waals surface area contributed by atoms with Crippen molar-refractivity contribution in [1.29, 1.82) is 5.26 Å².